The fraction of sp³-hybridized carbons (Fsp3) is 0.500. The summed E-state index contributed by atoms with van der Waals surface area (Å²) in [6.45, 7) is 7.26. The van der Waals surface area contributed by atoms with Crippen LogP contribution in [0.15, 0.2) is 25.3 Å². The summed E-state index contributed by atoms with van der Waals surface area (Å²) < 4.78 is 15.2. The van der Waals surface area contributed by atoms with Crippen molar-refractivity contribution in [3.63, 3.8) is 0 Å². The van der Waals surface area contributed by atoms with Crippen molar-refractivity contribution in [2.24, 2.45) is 0 Å². The fourth-order valence-corrected chi connectivity index (χ4v) is 1.69. The van der Waals surface area contributed by atoms with Crippen molar-refractivity contribution >= 4 is 11.8 Å². The van der Waals surface area contributed by atoms with E-state index < -0.39 is 17.9 Å². The molecule has 0 aromatic heterocycles. The smallest absolute Gasteiger partial charge is 0.346 e. The van der Waals surface area contributed by atoms with Gasteiger partial charge in [-0.1, -0.05) is 12.2 Å². The normalized spacial score (nSPS) is 27.8. The van der Waals surface area contributed by atoms with Crippen molar-refractivity contribution in [3.8, 4) is 0 Å². The third-order valence-electron chi connectivity index (χ3n) is 2.48. The van der Waals surface area contributed by atoms with Crippen LogP contribution in [0, 0.1) is 0 Å². The lowest BCUT2D eigenvalue weighted by Crippen LogP contribution is -2.45. The topological polar surface area (TPSA) is 61.8 Å². The summed E-state index contributed by atoms with van der Waals surface area (Å²) in [6.07, 6.45) is 2.35. The Morgan fingerprint density at radius 2 is 2.29 bits per heavy atom. The summed E-state index contributed by atoms with van der Waals surface area (Å²) in [6, 6.07) is 0. The van der Waals surface area contributed by atoms with E-state index in [1.807, 2.05) is 0 Å². The first-order valence-corrected chi connectivity index (χ1v) is 5.23. The first-order valence-electron chi connectivity index (χ1n) is 5.23. The number of rotatable bonds is 6. The van der Waals surface area contributed by atoms with E-state index in [2.05, 4.69) is 17.9 Å². The molecule has 0 aromatic rings. The number of esters is 1. The average molecular weight is 240 g/mol. The highest BCUT2D eigenvalue weighted by molar-refractivity contribution is 6.08. The molecule has 1 rings (SSSR count). The summed E-state index contributed by atoms with van der Waals surface area (Å²) >= 11 is 0. The van der Waals surface area contributed by atoms with Crippen LogP contribution in [0.1, 0.15) is 12.8 Å². The Balaban J connectivity index is 2.84. The van der Waals surface area contributed by atoms with Gasteiger partial charge in [-0.2, -0.15) is 0 Å². The highest BCUT2D eigenvalue weighted by atomic mass is 16.7. The van der Waals surface area contributed by atoms with Crippen LogP contribution >= 0.6 is 0 Å². The van der Waals surface area contributed by atoms with Gasteiger partial charge in [0.1, 0.15) is 0 Å². The molecule has 94 valence electrons. The number of ether oxygens (including phenoxy) is 3. The number of methoxy groups -OCH3 is 1. The number of carbonyl (C=O) groups is 2. The van der Waals surface area contributed by atoms with Gasteiger partial charge in [0.2, 0.25) is 5.60 Å². The van der Waals surface area contributed by atoms with Crippen LogP contribution < -0.4 is 0 Å². The van der Waals surface area contributed by atoms with Crippen LogP contribution in [0.4, 0.5) is 0 Å². The minimum Gasteiger partial charge on any atom is -0.467 e. The Morgan fingerprint density at radius 3 is 2.82 bits per heavy atom. The molecular formula is C12H16O5. The Bertz CT molecular complexity index is 336. The third-order valence-corrected chi connectivity index (χ3v) is 2.48. The molecule has 0 aromatic carbocycles. The number of carbonyl (C=O) groups excluding carboxylic acids is 2. The highest BCUT2D eigenvalue weighted by Gasteiger charge is 2.54. The maximum absolute atomic E-state index is 11.9. The van der Waals surface area contributed by atoms with E-state index in [1.54, 1.807) is 6.08 Å². The Labute approximate surface area is 100 Å². The van der Waals surface area contributed by atoms with Gasteiger partial charge in [-0.15, -0.1) is 13.2 Å². The summed E-state index contributed by atoms with van der Waals surface area (Å²) in [5.41, 5.74) is -1.59. The molecule has 1 fully saturated rings. The van der Waals surface area contributed by atoms with Gasteiger partial charge >= 0.3 is 5.97 Å². The number of ketones is 1. The second-order valence-corrected chi connectivity index (χ2v) is 3.61. The molecule has 0 amide bonds. The zero-order chi connectivity index (χ0) is 12.9. The maximum Gasteiger partial charge on any atom is 0.346 e. The van der Waals surface area contributed by atoms with E-state index in [0.717, 1.165) is 0 Å². The van der Waals surface area contributed by atoms with Gasteiger partial charge in [0.15, 0.2) is 12.1 Å². The molecule has 0 spiro atoms. The van der Waals surface area contributed by atoms with Crippen molar-refractivity contribution in [1.29, 1.82) is 0 Å². The van der Waals surface area contributed by atoms with Crippen LogP contribution in [-0.4, -0.2) is 37.4 Å². The second kappa shape index (κ2) is 5.75. The predicted octanol–water partition coefficient (Wildman–Crippen LogP) is 0.992. The van der Waals surface area contributed by atoms with Gasteiger partial charge in [-0.05, 0) is 0 Å². The molecule has 1 heterocycles. The number of hydrogen-bond acceptors (Lipinski definition) is 5. The highest BCUT2D eigenvalue weighted by Crippen LogP contribution is 2.32. The molecule has 17 heavy (non-hydrogen) atoms. The number of Topliss-reactive ketones (excluding diaryl/α,β-unsaturated/α-hetero) is 1. The molecule has 0 radical (unpaired) electrons. The predicted molar refractivity (Wildman–Crippen MR) is 60.2 cm³/mol. The van der Waals surface area contributed by atoms with Crippen molar-refractivity contribution in [2.75, 3.05) is 13.7 Å². The van der Waals surface area contributed by atoms with Crippen LogP contribution in [0.25, 0.3) is 0 Å². The first kappa shape index (κ1) is 13.6. The first-order chi connectivity index (χ1) is 8.10. The van der Waals surface area contributed by atoms with E-state index in [4.69, 9.17) is 9.47 Å². The standard InChI is InChI=1S/C12H16O5/c1-4-6-12(11(14)15-3)9(13)8-10(17-12)16-7-5-2/h4-5,10H,1-2,6-8H2,3H3/t10-,12-/m0/s1. The van der Waals surface area contributed by atoms with Crippen LogP contribution in [-0.2, 0) is 23.8 Å². The molecule has 1 aliphatic rings. The van der Waals surface area contributed by atoms with Crippen LogP contribution in [0.5, 0.6) is 0 Å². The molecule has 0 bridgehead atoms. The lowest BCUT2D eigenvalue weighted by molar-refractivity contribution is -0.192. The maximum atomic E-state index is 11.9. The molecule has 5 nitrogen and oxygen atoms in total. The van der Waals surface area contributed by atoms with Gasteiger partial charge in [-0.3, -0.25) is 4.79 Å². The molecule has 0 aliphatic carbocycles. The Kier molecular flexibility index (Phi) is 4.60. The quantitative estimate of drug-likeness (QED) is 0.393. The lowest BCUT2D eigenvalue weighted by Gasteiger charge is -2.23. The van der Waals surface area contributed by atoms with Crippen molar-refractivity contribution in [2.45, 2.75) is 24.7 Å². The Morgan fingerprint density at radius 1 is 1.59 bits per heavy atom. The van der Waals surface area contributed by atoms with Gasteiger partial charge in [-0.25, -0.2) is 4.79 Å². The monoisotopic (exact) mass is 240 g/mol. The van der Waals surface area contributed by atoms with Gasteiger partial charge in [0.25, 0.3) is 0 Å². The second-order valence-electron chi connectivity index (χ2n) is 3.61. The average Bonchev–Trinajstić information content (AvgIpc) is 2.64. The minimum absolute atomic E-state index is 0.0246. The van der Waals surface area contributed by atoms with E-state index in [9.17, 15) is 9.59 Å². The van der Waals surface area contributed by atoms with Crippen molar-refractivity contribution in [3.05, 3.63) is 25.3 Å². The van der Waals surface area contributed by atoms with E-state index in [0.29, 0.717) is 0 Å². The SMILES string of the molecule is C=CCO[C@@H]1CC(=O)[C@@](CC=C)(C(=O)OC)O1. The molecule has 2 atom stereocenters. The minimum atomic E-state index is -1.59. The van der Waals surface area contributed by atoms with E-state index >= 15 is 0 Å². The fourth-order valence-electron chi connectivity index (χ4n) is 1.69. The molecule has 0 unspecified atom stereocenters. The zero-order valence-electron chi connectivity index (χ0n) is 9.81. The Hall–Kier alpha value is -1.46. The van der Waals surface area contributed by atoms with E-state index in [-0.39, 0.29) is 25.2 Å². The largest absolute Gasteiger partial charge is 0.467 e. The number of hydrogen-bond donors (Lipinski definition) is 0. The van der Waals surface area contributed by atoms with Crippen LogP contribution in [0.2, 0.25) is 0 Å². The molecule has 0 N–H and O–H groups in total. The van der Waals surface area contributed by atoms with Gasteiger partial charge in [0, 0.05) is 6.42 Å². The molecular weight excluding hydrogens is 224 g/mol. The zero-order valence-corrected chi connectivity index (χ0v) is 9.81. The van der Waals surface area contributed by atoms with Gasteiger partial charge in [0.05, 0.1) is 20.1 Å². The van der Waals surface area contributed by atoms with Crippen LogP contribution in [0.3, 0.4) is 0 Å². The van der Waals surface area contributed by atoms with Gasteiger partial charge < -0.3 is 14.2 Å². The lowest BCUT2D eigenvalue weighted by atomic mass is 9.95. The van der Waals surface area contributed by atoms with Crippen molar-refractivity contribution in [1.82, 2.24) is 0 Å². The van der Waals surface area contributed by atoms with E-state index in [1.165, 1.54) is 13.2 Å². The summed E-state index contributed by atoms with van der Waals surface area (Å²) in [4.78, 5) is 23.5. The molecule has 5 heteroatoms. The summed E-state index contributed by atoms with van der Waals surface area (Å²) in [5.74, 6) is -1.06. The summed E-state index contributed by atoms with van der Waals surface area (Å²) in [5, 5.41) is 0. The summed E-state index contributed by atoms with van der Waals surface area (Å²) in [7, 11) is 1.21. The molecule has 1 saturated heterocycles. The molecule has 1 aliphatic heterocycles. The van der Waals surface area contributed by atoms with Crippen molar-refractivity contribution < 1.29 is 23.8 Å². The molecule has 0 saturated carbocycles. The third kappa shape index (κ3) is 2.62.